The number of ether oxygens (including phenoxy) is 1. The first kappa shape index (κ1) is 27.0. The maximum Gasteiger partial charge on any atom is 0.330 e. The molecular formula is C24H21Cl2N3O6S. The number of carbonyl (C=O) groups excluding carboxylic acids is 4. The molecule has 0 aliphatic carbocycles. The fraction of sp³-hybridized carbons (Fsp3) is 0.167. The fourth-order valence-electron chi connectivity index (χ4n) is 3.13. The summed E-state index contributed by atoms with van der Waals surface area (Å²) in [4.78, 5) is 49.8. The molecule has 36 heavy (non-hydrogen) atoms. The number of rotatable bonds is 9. The van der Waals surface area contributed by atoms with Crippen LogP contribution in [-0.4, -0.2) is 48.5 Å². The molecule has 0 aliphatic heterocycles. The average molecular weight is 550 g/mol. The van der Waals surface area contributed by atoms with Crippen LogP contribution in [-0.2, 0) is 16.1 Å². The number of carbonyl (C=O) groups is 4. The van der Waals surface area contributed by atoms with E-state index in [1.807, 2.05) is 0 Å². The molecule has 0 unspecified atom stereocenters. The van der Waals surface area contributed by atoms with Crippen molar-refractivity contribution in [3.05, 3.63) is 85.5 Å². The van der Waals surface area contributed by atoms with Gasteiger partial charge in [0.05, 0.1) is 22.7 Å². The summed E-state index contributed by atoms with van der Waals surface area (Å²) in [5.41, 5.74) is 1.05. The van der Waals surface area contributed by atoms with Crippen LogP contribution in [0.5, 0.6) is 5.75 Å². The molecule has 0 saturated carbocycles. The molecule has 0 fully saturated rings. The van der Waals surface area contributed by atoms with E-state index in [4.69, 9.17) is 27.9 Å². The summed E-state index contributed by atoms with van der Waals surface area (Å²) in [6, 6.07) is 9.33. The van der Waals surface area contributed by atoms with Gasteiger partial charge in [0.1, 0.15) is 11.8 Å². The van der Waals surface area contributed by atoms with Crippen molar-refractivity contribution in [2.24, 2.45) is 0 Å². The number of thiophene rings is 1. The van der Waals surface area contributed by atoms with Gasteiger partial charge in [-0.15, -0.1) is 0 Å². The third-order valence-electron chi connectivity index (χ3n) is 4.94. The smallest absolute Gasteiger partial charge is 0.330 e. The zero-order valence-corrected chi connectivity index (χ0v) is 21.2. The van der Waals surface area contributed by atoms with Gasteiger partial charge < -0.3 is 25.8 Å². The minimum atomic E-state index is -1.22. The number of hydrogen-bond acceptors (Lipinski definition) is 7. The lowest BCUT2D eigenvalue weighted by atomic mass is 10.1. The third kappa shape index (κ3) is 6.97. The molecular weight excluding hydrogens is 529 g/mol. The van der Waals surface area contributed by atoms with Gasteiger partial charge >= 0.3 is 5.97 Å². The van der Waals surface area contributed by atoms with Crippen molar-refractivity contribution in [1.29, 1.82) is 0 Å². The highest BCUT2D eigenvalue weighted by Gasteiger charge is 2.26. The Morgan fingerprint density at radius 3 is 2.28 bits per heavy atom. The monoisotopic (exact) mass is 549 g/mol. The first-order valence-corrected chi connectivity index (χ1v) is 12.1. The first-order chi connectivity index (χ1) is 17.2. The zero-order chi connectivity index (χ0) is 26.2. The number of amides is 3. The second kappa shape index (κ2) is 12.4. The number of benzene rings is 2. The molecule has 0 bridgehead atoms. The van der Waals surface area contributed by atoms with Crippen LogP contribution in [0.2, 0.25) is 10.0 Å². The minimum absolute atomic E-state index is 0.0690. The highest BCUT2D eigenvalue weighted by molar-refractivity contribution is 7.08. The summed E-state index contributed by atoms with van der Waals surface area (Å²) in [5.74, 6) is -2.44. The summed E-state index contributed by atoms with van der Waals surface area (Å²) in [7, 11) is 1.15. The molecule has 4 N–H and O–H groups in total. The number of esters is 1. The van der Waals surface area contributed by atoms with E-state index < -0.39 is 29.7 Å². The van der Waals surface area contributed by atoms with Gasteiger partial charge in [-0.2, -0.15) is 11.3 Å². The van der Waals surface area contributed by atoms with Crippen molar-refractivity contribution >= 4 is 58.2 Å². The van der Waals surface area contributed by atoms with Gasteiger partial charge in [0, 0.05) is 29.6 Å². The van der Waals surface area contributed by atoms with Crippen LogP contribution >= 0.6 is 34.5 Å². The lowest BCUT2D eigenvalue weighted by Crippen LogP contribution is -2.49. The molecule has 2 aromatic carbocycles. The first-order valence-electron chi connectivity index (χ1n) is 10.4. The SMILES string of the molecule is COC(=O)[C@H](CNC(=O)c1ccsc1)NC(=O)c1c(Cl)cc(C(=O)NCc2cccc(O)c2)cc1Cl. The molecule has 1 aromatic heterocycles. The number of phenolic OH excluding ortho intramolecular Hbond substituents is 1. The molecule has 0 aliphatic rings. The van der Waals surface area contributed by atoms with E-state index in [-0.39, 0.29) is 40.0 Å². The Bertz CT molecular complexity index is 1260. The van der Waals surface area contributed by atoms with Crippen LogP contribution in [0.4, 0.5) is 0 Å². The number of phenols is 1. The molecule has 3 amide bonds. The van der Waals surface area contributed by atoms with Crippen LogP contribution in [0.3, 0.4) is 0 Å². The molecule has 9 nitrogen and oxygen atoms in total. The predicted octanol–water partition coefficient (Wildman–Crippen LogP) is 3.39. The predicted molar refractivity (Wildman–Crippen MR) is 136 cm³/mol. The Morgan fingerprint density at radius 2 is 1.67 bits per heavy atom. The number of aromatic hydroxyl groups is 1. The fourth-order valence-corrected chi connectivity index (χ4v) is 4.42. The highest BCUT2D eigenvalue weighted by atomic mass is 35.5. The molecule has 0 saturated heterocycles. The largest absolute Gasteiger partial charge is 0.508 e. The molecule has 12 heteroatoms. The van der Waals surface area contributed by atoms with E-state index in [9.17, 15) is 24.3 Å². The minimum Gasteiger partial charge on any atom is -0.508 e. The van der Waals surface area contributed by atoms with Crippen molar-refractivity contribution in [1.82, 2.24) is 16.0 Å². The average Bonchev–Trinajstić information content (AvgIpc) is 3.39. The Hall–Kier alpha value is -3.60. The molecule has 1 atom stereocenters. The van der Waals surface area contributed by atoms with Crippen molar-refractivity contribution in [2.75, 3.05) is 13.7 Å². The number of methoxy groups -OCH3 is 1. The third-order valence-corrected chi connectivity index (χ3v) is 6.22. The van der Waals surface area contributed by atoms with E-state index in [1.165, 1.54) is 35.6 Å². The summed E-state index contributed by atoms with van der Waals surface area (Å²) in [6.45, 7) is -0.0967. The standard InChI is InChI=1S/C24H21Cl2N3O6S/c1-35-24(34)19(11-28-21(31)14-5-6-36-12-14)29-23(33)20-17(25)8-15(9-18(20)26)22(32)27-10-13-3-2-4-16(30)7-13/h2-9,12,19,30H,10-11H2,1H3,(H,27,32)(H,28,31)(H,29,33)/t19-/m0/s1. The normalized spacial score (nSPS) is 11.3. The second-order valence-electron chi connectivity index (χ2n) is 7.44. The quantitative estimate of drug-likeness (QED) is 0.302. The van der Waals surface area contributed by atoms with Crippen LogP contribution in [0.25, 0.3) is 0 Å². The lowest BCUT2D eigenvalue weighted by Gasteiger charge is -2.18. The molecule has 3 aromatic rings. The number of hydrogen-bond donors (Lipinski definition) is 4. The van der Waals surface area contributed by atoms with Gasteiger partial charge in [-0.05, 0) is 41.3 Å². The van der Waals surface area contributed by atoms with E-state index in [1.54, 1.807) is 29.0 Å². The van der Waals surface area contributed by atoms with Gasteiger partial charge in [0.2, 0.25) is 0 Å². The Kier molecular flexibility index (Phi) is 9.29. The maximum absolute atomic E-state index is 12.9. The summed E-state index contributed by atoms with van der Waals surface area (Å²) >= 11 is 13.9. The van der Waals surface area contributed by atoms with E-state index in [0.717, 1.165) is 7.11 Å². The maximum atomic E-state index is 12.9. The van der Waals surface area contributed by atoms with Crippen LogP contribution in [0.1, 0.15) is 36.6 Å². The zero-order valence-electron chi connectivity index (χ0n) is 18.8. The Labute approximate surface area is 220 Å². The topological polar surface area (TPSA) is 134 Å². The Morgan fingerprint density at radius 1 is 0.972 bits per heavy atom. The number of halogens is 2. The van der Waals surface area contributed by atoms with Crippen molar-refractivity contribution < 1.29 is 29.0 Å². The number of nitrogens with one attached hydrogen (secondary N) is 3. The van der Waals surface area contributed by atoms with Crippen molar-refractivity contribution in [3.63, 3.8) is 0 Å². The summed E-state index contributed by atoms with van der Waals surface area (Å²) in [6.07, 6.45) is 0. The van der Waals surface area contributed by atoms with E-state index >= 15 is 0 Å². The van der Waals surface area contributed by atoms with Crippen molar-refractivity contribution in [3.8, 4) is 5.75 Å². The summed E-state index contributed by atoms with van der Waals surface area (Å²) in [5, 5.41) is 20.3. The molecule has 0 radical (unpaired) electrons. The molecule has 0 spiro atoms. The Balaban J connectivity index is 1.69. The lowest BCUT2D eigenvalue weighted by molar-refractivity contribution is -0.142. The molecule has 3 rings (SSSR count). The van der Waals surface area contributed by atoms with Crippen LogP contribution < -0.4 is 16.0 Å². The molecule has 1 heterocycles. The van der Waals surface area contributed by atoms with Crippen LogP contribution in [0.15, 0.2) is 53.2 Å². The van der Waals surface area contributed by atoms with Crippen molar-refractivity contribution in [2.45, 2.75) is 12.6 Å². The van der Waals surface area contributed by atoms with Gasteiger partial charge in [-0.1, -0.05) is 35.3 Å². The van der Waals surface area contributed by atoms with Gasteiger partial charge in [-0.25, -0.2) is 4.79 Å². The van der Waals surface area contributed by atoms with Gasteiger partial charge in [-0.3, -0.25) is 14.4 Å². The molecule has 188 valence electrons. The van der Waals surface area contributed by atoms with Crippen LogP contribution in [0, 0.1) is 0 Å². The van der Waals surface area contributed by atoms with Gasteiger partial charge in [0.15, 0.2) is 0 Å². The highest BCUT2D eigenvalue weighted by Crippen LogP contribution is 2.27. The summed E-state index contributed by atoms with van der Waals surface area (Å²) < 4.78 is 4.72. The van der Waals surface area contributed by atoms with E-state index in [0.29, 0.717) is 11.1 Å². The van der Waals surface area contributed by atoms with E-state index in [2.05, 4.69) is 16.0 Å². The second-order valence-corrected chi connectivity index (χ2v) is 9.03. The van der Waals surface area contributed by atoms with Gasteiger partial charge in [0.25, 0.3) is 17.7 Å².